The second kappa shape index (κ2) is 6.37. The van der Waals surface area contributed by atoms with Crippen molar-refractivity contribution in [1.82, 2.24) is 9.97 Å². The van der Waals surface area contributed by atoms with E-state index in [4.69, 9.17) is 0 Å². The highest BCUT2D eigenvalue weighted by Gasteiger charge is 2.13. The summed E-state index contributed by atoms with van der Waals surface area (Å²) in [5, 5.41) is 9.97. The first-order valence-electron chi connectivity index (χ1n) is 7.97. The van der Waals surface area contributed by atoms with Crippen LogP contribution in [0.5, 0.6) is 0 Å². The van der Waals surface area contributed by atoms with E-state index in [1.165, 1.54) is 18.3 Å². The Labute approximate surface area is 148 Å². The van der Waals surface area contributed by atoms with Crippen LogP contribution in [0, 0.1) is 5.82 Å². The molecule has 1 N–H and O–H groups in total. The van der Waals surface area contributed by atoms with Gasteiger partial charge in [0.2, 0.25) is 0 Å². The number of carboxylic acid groups (broad SMARTS) is 1. The van der Waals surface area contributed by atoms with Crippen molar-refractivity contribution in [3.05, 3.63) is 84.4 Å². The zero-order valence-electron chi connectivity index (χ0n) is 13.6. The van der Waals surface area contributed by atoms with Gasteiger partial charge in [-0.05, 0) is 23.8 Å². The van der Waals surface area contributed by atoms with Gasteiger partial charge in [-0.25, -0.2) is 14.2 Å². The number of nitrogens with zero attached hydrogens (tertiary/aromatic N) is 2. The van der Waals surface area contributed by atoms with Crippen LogP contribution < -0.4 is 0 Å². The van der Waals surface area contributed by atoms with Gasteiger partial charge in [-0.15, -0.1) is 0 Å². The van der Waals surface area contributed by atoms with Crippen LogP contribution in [0.2, 0.25) is 0 Å². The zero-order valence-corrected chi connectivity index (χ0v) is 13.6. The van der Waals surface area contributed by atoms with E-state index in [1.54, 1.807) is 42.6 Å². The van der Waals surface area contributed by atoms with E-state index < -0.39 is 5.97 Å². The van der Waals surface area contributed by atoms with E-state index in [1.807, 2.05) is 12.1 Å². The molecule has 0 aliphatic rings. The first kappa shape index (κ1) is 15.9. The van der Waals surface area contributed by atoms with Gasteiger partial charge in [-0.2, -0.15) is 0 Å². The summed E-state index contributed by atoms with van der Waals surface area (Å²) in [4.78, 5) is 20.1. The van der Waals surface area contributed by atoms with E-state index in [0.717, 1.165) is 11.1 Å². The molecule has 0 spiro atoms. The van der Waals surface area contributed by atoms with E-state index in [0.29, 0.717) is 22.2 Å². The smallest absolute Gasteiger partial charge is 0.336 e. The summed E-state index contributed by atoms with van der Waals surface area (Å²) in [6.45, 7) is 0. The summed E-state index contributed by atoms with van der Waals surface area (Å²) in [6, 6.07) is 17.0. The predicted octanol–water partition coefficient (Wildman–Crippen LogP) is 4.80. The fourth-order valence-corrected chi connectivity index (χ4v) is 2.91. The maximum absolute atomic E-state index is 13.9. The van der Waals surface area contributed by atoms with E-state index in [-0.39, 0.29) is 11.4 Å². The number of hydrogen-bond donors (Lipinski definition) is 1. The first-order valence-corrected chi connectivity index (χ1v) is 7.97. The number of pyridine rings is 2. The second-order valence-electron chi connectivity index (χ2n) is 5.81. The Balaban J connectivity index is 1.81. The van der Waals surface area contributed by atoms with Crippen molar-refractivity contribution in [2.45, 2.75) is 0 Å². The fraction of sp³-hybridized carbons (Fsp3) is 0. The molecule has 2 aromatic carbocycles. The SMILES string of the molecule is O=C(O)c1cc(-c2ccc(-c3ccccc3F)cc2)nc2ccncc12. The van der Waals surface area contributed by atoms with Crippen LogP contribution in [0.4, 0.5) is 4.39 Å². The number of aromatic nitrogens is 2. The third kappa shape index (κ3) is 2.80. The molecule has 0 amide bonds. The van der Waals surface area contributed by atoms with Gasteiger partial charge in [-0.1, -0.05) is 42.5 Å². The van der Waals surface area contributed by atoms with Crippen molar-refractivity contribution >= 4 is 16.9 Å². The lowest BCUT2D eigenvalue weighted by Gasteiger charge is -2.08. The molecule has 0 saturated heterocycles. The summed E-state index contributed by atoms with van der Waals surface area (Å²) in [5.74, 6) is -1.32. The predicted molar refractivity (Wildman–Crippen MR) is 97.3 cm³/mol. The average Bonchev–Trinajstić information content (AvgIpc) is 2.67. The third-order valence-electron chi connectivity index (χ3n) is 4.21. The molecule has 0 atom stereocenters. The summed E-state index contributed by atoms with van der Waals surface area (Å²) >= 11 is 0. The molecule has 0 bridgehead atoms. The van der Waals surface area contributed by atoms with Crippen LogP contribution in [-0.4, -0.2) is 21.0 Å². The Morgan fingerprint density at radius 2 is 1.69 bits per heavy atom. The van der Waals surface area contributed by atoms with Gasteiger partial charge >= 0.3 is 5.97 Å². The molecule has 5 heteroatoms. The number of carbonyl (C=O) groups is 1. The van der Waals surface area contributed by atoms with Gasteiger partial charge in [-0.3, -0.25) is 4.98 Å². The molecule has 26 heavy (non-hydrogen) atoms. The van der Waals surface area contributed by atoms with Gasteiger partial charge in [0.1, 0.15) is 5.82 Å². The lowest BCUT2D eigenvalue weighted by Crippen LogP contribution is -2.00. The van der Waals surface area contributed by atoms with Gasteiger partial charge in [0, 0.05) is 28.9 Å². The Morgan fingerprint density at radius 3 is 2.42 bits per heavy atom. The fourth-order valence-electron chi connectivity index (χ4n) is 2.91. The van der Waals surface area contributed by atoms with Crippen molar-refractivity contribution in [3.63, 3.8) is 0 Å². The van der Waals surface area contributed by atoms with Crippen LogP contribution in [-0.2, 0) is 0 Å². The van der Waals surface area contributed by atoms with Gasteiger partial charge in [0.25, 0.3) is 0 Å². The minimum atomic E-state index is -1.03. The van der Waals surface area contributed by atoms with Crippen LogP contribution in [0.25, 0.3) is 33.3 Å². The molecular formula is C21H13FN2O2. The van der Waals surface area contributed by atoms with Gasteiger partial charge < -0.3 is 5.11 Å². The largest absolute Gasteiger partial charge is 0.478 e. The molecule has 0 unspecified atom stereocenters. The molecular weight excluding hydrogens is 331 g/mol. The number of fused-ring (bicyclic) bond motifs is 1. The average molecular weight is 344 g/mol. The van der Waals surface area contributed by atoms with Gasteiger partial charge in [0.05, 0.1) is 16.8 Å². The van der Waals surface area contributed by atoms with E-state index >= 15 is 0 Å². The maximum atomic E-state index is 13.9. The standard InChI is InChI=1S/C21H13FN2O2/c22-18-4-2-1-3-15(18)13-5-7-14(8-6-13)20-11-16(21(25)26)17-12-23-10-9-19(17)24-20/h1-12H,(H,25,26). The molecule has 0 aliphatic heterocycles. The Kier molecular flexibility index (Phi) is 3.89. The quantitative estimate of drug-likeness (QED) is 0.580. The Hall–Kier alpha value is -3.60. The molecule has 4 aromatic rings. The summed E-state index contributed by atoms with van der Waals surface area (Å²) in [7, 11) is 0. The summed E-state index contributed by atoms with van der Waals surface area (Å²) in [6.07, 6.45) is 3.07. The number of hydrogen-bond acceptors (Lipinski definition) is 3. The van der Waals surface area contributed by atoms with E-state index in [2.05, 4.69) is 9.97 Å². The Morgan fingerprint density at radius 1 is 0.962 bits per heavy atom. The molecule has 0 saturated carbocycles. The minimum absolute atomic E-state index is 0.149. The van der Waals surface area contributed by atoms with Crippen LogP contribution >= 0.6 is 0 Å². The van der Waals surface area contributed by atoms with Gasteiger partial charge in [0.15, 0.2) is 0 Å². The topological polar surface area (TPSA) is 63.1 Å². The maximum Gasteiger partial charge on any atom is 0.336 e. The first-order chi connectivity index (χ1) is 12.6. The molecule has 0 fully saturated rings. The highest BCUT2D eigenvalue weighted by molar-refractivity contribution is 6.03. The number of halogens is 1. The summed E-state index contributed by atoms with van der Waals surface area (Å²) in [5.41, 5.74) is 3.27. The molecule has 0 radical (unpaired) electrons. The van der Waals surface area contributed by atoms with Crippen LogP contribution in [0.1, 0.15) is 10.4 Å². The zero-order chi connectivity index (χ0) is 18.1. The number of benzene rings is 2. The van der Waals surface area contributed by atoms with Crippen molar-refractivity contribution in [2.24, 2.45) is 0 Å². The monoisotopic (exact) mass is 344 g/mol. The van der Waals surface area contributed by atoms with Crippen molar-refractivity contribution in [2.75, 3.05) is 0 Å². The van der Waals surface area contributed by atoms with Crippen LogP contribution in [0.3, 0.4) is 0 Å². The van der Waals surface area contributed by atoms with E-state index in [9.17, 15) is 14.3 Å². The minimum Gasteiger partial charge on any atom is -0.478 e. The van der Waals surface area contributed by atoms with Crippen LogP contribution in [0.15, 0.2) is 73.1 Å². The molecule has 4 rings (SSSR count). The van der Waals surface area contributed by atoms with Crippen molar-refractivity contribution in [1.29, 1.82) is 0 Å². The highest BCUT2D eigenvalue weighted by Crippen LogP contribution is 2.28. The molecule has 2 heterocycles. The number of rotatable bonds is 3. The molecule has 2 aromatic heterocycles. The summed E-state index contributed by atoms with van der Waals surface area (Å²) < 4.78 is 13.9. The van der Waals surface area contributed by atoms with Crippen molar-refractivity contribution in [3.8, 4) is 22.4 Å². The normalized spacial score (nSPS) is 10.8. The molecule has 126 valence electrons. The molecule has 4 nitrogen and oxygen atoms in total. The molecule has 0 aliphatic carbocycles. The van der Waals surface area contributed by atoms with Crippen molar-refractivity contribution < 1.29 is 14.3 Å². The highest BCUT2D eigenvalue weighted by atomic mass is 19.1. The number of carboxylic acids is 1. The lowest BCUT2D eigenvalue weighted by molar-refractivity contribution is 0.0699. The number of aromatic carboxylic acids is 1. The Bertz CT molecular complexity index is 1120. The second-order valence-corrected chi connectivity index (χ2v) is 5.81. The third-order valence-corrected chi connectivity index (χ3v) is 4.21. The lowest BCUT2D eigenvalue weighted by atomic mass is 10.0.